The van der Waals surface area contributed by atoms with Gasteiger partial charge in [-0.1, -0.05) is 26.2 Å². The second-order valence-electron chi connectivity index (χ2n) is 4.63. The van der Waals surface area contributed by atoms with Crippen LogP contribution in [0, 0.1) is 5.92 Å². The maximum absolute atomic E-state index is 10.7. The van der Waals surface area contributed by atoms with E-state index in [1.165, 1.54) is 51.6 Å². The topological polar surface area (TPSA) is 66.4 Å². The molecule has 0 bridgehead atoms. The third-order valence-electron chi connectivity index (χ3n) is 2.91. The van der Waals surface area contributed by atoms with Crippen LogP contribution in [0.25, 0.3) is 0 Å². The molecule has 2 N–H and O–H groups in total. The summed E-state index contributed by atoms with van der Waals surface area (Å²) in [5.41, 5.74) is -5.53. The molecular formula is C11H22F3NO3S. The minimum Gasteiger partial charge on any atom is -0.316 e. The van der Waals surface area contributed by atoms with Gasteiger partial charge in [0.25, 0.3) is 0 Å². The standard InChI is InChI=1S/C10H21N.CHF3O3S/c1-2-3-4-6-10-7-5-8-11-9-10;2-1(3,4)8(5,6)7/h10-11H,2-9H2,1H3;(H,5,6,7). The fraction of sp³-hybridized carbons (Fsp3) is 1.00. The molecule has 1 rings (SSSR count). The molecular weight excluding hydrogens is 283 g/mol. The summed E-state index contributed by atoms with van der Waals surface area (Å²) in [6.45, 7) is 4.81. The van der Waals surface area contributed by atoms with Crippen LogP contribution in [0.15, 0.2) is 0 Å². The van der Waals surface area contributed by atoms with E-state index in [4.69, 9.17) is 13.0 Å². The van der Waals surface area contributed by atoms with E-state index >= 15 is 0 Å². The highest BCUT2D eigenvalue weighted by atomic mass is 32.2. The van der Waals surface area contributed by atoms with Gasteiger partial charge in [-0.2, -0.15) is 21.6 Å². The number of halogens is 3. The molecule has 0 amide bonds. The predicted molar refractivity (Wildman–Crippen MR) is 67.3 cm³/mol. The number of nitrogens with one attached hydrogen (secondary N) is 1. The van der Waals surface area contributed by atoms with Gasteiger partial charge in [0, 0.05) is 0 Å². The molecule has 1 heterocycles. The van der Waals surface area contributed by atoms with Gasteiger partial charge in [-0.05, 0) is 38.3 Å². The van der Waals surface area contributed by atoms with Crippen molar-refractivity contribution in [1.82, 2.24) is 5.32 Å². The zero-order chi connectivity index (χ0) is 14.9. The first-order valence-electron chi connectivity index (χ1n) is 6.43. The van der Waals surface area contributed by atoms with Crippen molar-refractivity contribution in [3.8, 4) is 0 Å². The monoisotopic (exact) mass is 305 g/mol. The quantitative estimate of drug-likeness (QED) is 0.476. The maximum atomic E-state index is 10.7. The Balaban J connectivity index is 0.000000362. The smallest absolute Gasteiger partial charge is 0.316 e. The van der Waals surface area contributed by atoms with Crippen molar-refractivity contribution in [2.75, 3.05) is 13.1 Å². The third kappa shape index (κ3) is 9.23. The van der Waals surface area contributed by atoms with Crippen LogP contribution in [0.3, 0.4) is 0 Å². The Morgan fingerprint density at radius 3 is 2.26 bits per heavy atom. The normalized spacial score (nSPS) is 20.6. The number of piperidine rings is 1. The van der Waals surface area contributed by atoms with Gasteiger partial charge in [-0.15, -0.1) is 0 Å². The molecule has 19 heavy (non-hydrogen) atoms. The first kappa shape index (κ1) is 18.7. The van der Waals surface area contributed by atoms with Crippen molar-refractivity contribution in [2.24, 2.45) is 5.92 Å². The van der Waals surface area contributed by atoms with Crippen molar-refractivity contribution in [1.29, 1.82) is 0 Å². The van der Waals surface area contributed by atoms with E-state index in [-0.39, 0.29) is 0 Å². The van der Waals surface area contributed by atoms with Gasteiger partial charge < -0.3 is 5.32 Å². The van der Waals surface area contributed by atoms with Crippen molar-refractivity contribution in [3.05, 3.63) is 0 Å². The first-order valence-corrected chi connectivity index (χ1v) is 7.87. The van der Waals surface area contributed by atoms with Crippen LogP contribution < -0.4 is 5.32 Å². The molecule has 116 valence electrons. The second-order valence-corrected chi connectivity index (χ2v) is 6.04. The Labute approximate surface area is 112 Å². The number of alkyl halides is 3. The first-order chi connectivity index (χ1) is 8.68. The van der Waals surface area contributed by atoms with E-state index in [1.54, 1.807) is 0 Å². The summed E-state index contributed by atoms with van der Waals surface area (Å²) in [4.78, 5) is 0. The Kier molecular flexibility index (Phi) is 8.60. The van der Waals surface area contributed by atoms with Crippen LogP contribution in [-0.2, 0) is 10.1 Å². The van der Waals surface area contributed by atoms with Crippen LogP contribution in [0.5, 0.6) is 0 Å². The number of hydrogen-bond donors (Lipinski definition) is 2. The molecule has 0 saturated carbocycles. The molecule has 8 heteroatoms. The van der Waals surface area contributed by atoms with E-state index in [2.05, 4.69) is 12.2 Å². The van der Waals surface area contributed by atoms with Gasteiger partial charge in [0.05, 0.1) is 0 Å². The van der Waals surface area contributed by atoms with E-state index in [1.807, 2.05) is 0 Å². The summed E-state index contributed by atoms with van der Waals surface area (Å²) in [7, 11) is -5.84. The van der Waals surface area contributed by atoms with E-state index in [0.717, 1.165) is 5.92 Å². The molecule has 0 aliphatic carbocycles. The summed E-state index contributed by atoms with van der Waals surface area (Å²) in [6.07, 6.45) is 8.56. The lowest BCUT2D eigenvalue weighted by molar-refractivity contribution is -0.0510. The molecule has 0 radical (unpaired) electrons. The summed E-state index contributed by atoms with van der Waals surface area (Å²) in [6, 6.07) is 0. The van der Waals surface area contributed by atoms with Crippen LogP contribution in [-0.4, -0.2) is 31.6 Å². The molecule has 0 spiro atoms. The predicted octanol–water partition coefficient (Wildman–Crippen LogP) is 2.96. The Bertz CT molecular complexity index is 325. The number of unbranched alkanes of at least 4 members (excludes halogenated alkanes) is 2. The van der Waals surface area contributed by atoms with Crippen molar-refractivity contribution < 1.29 is 26.1 Å². The third-order valence-corrected chi connectivity index (χ3v) is 3.49. The molecule has 1 unspecified atom stereocenters. The number of rotatable bonds is 4. The number of hydrogen-bond acceptors (Lipinski definition) is 3. The Morgan fingerprint density at radius 1 is 1.32 bits per heavy atom. The SMILES string of the molecule is CCCCCC1CCCNC1.O=S(=O)(O)C(F)(F)F. The van der Waals surface area contributed by atoms with E-state index in [9.17, 15) is 13.2 Å². The lowest BCUT2D eigenvalue weighted by Gasteiger charge is -2.22. The molecule has 4 nitrogen and oxygen atoms in total. The average Bonchev–Trinajstić information content (AvgIpc) is 2.29. The van der Waals surface area contributed by atoms with Gasteiger partial charge in [0.15, 0.2) is 0 Å². The second kappa shape index (κ2) is 8.76. The Morgan fingerprint density at radius 2 is 1.89 bits per heavy atom. The molecule has 1 aliphatic rings. The van der Waals surface area contributed by atoms with E-state index in [0.29, 0.717) is 0 Å². The molecule has 0 aromatic rings. The van der Waals surface area contributed by atoms with Gasteiger partial charge >= 0.3 is 15.6 Å². The lowest BCUT2D eigenvalue weighted by Crippen LogP contribution is -2.29. The zero-order valence-corrected chi connectivity index (χ0v) is 11.9. The highest BCUT2D eigenvalue weighted by Crippen LogP contribution is 2.20. The van der Waals surface area contributed by atoms with Gasteiger partial charge in [0.1, 0.15) is 0 Å². The molecule has 1 saturated heterocycles. The maximum Gasteiger partial charge on any atom is 0.522 e. The van der Waals surface area contributed by atoms with Crippen molar-refractivity contribution in [3.63, 3.8) is 0 Å². The fourth-order valence-corrected chi connectivity index (χ4v) is 1.85. The van der Waals surface area contributed by atoms with Gasteiger partial charge in [0.2, 0.25) is 0 Å². The summed E-state index contributed by atoms with van der Waals surface area (Å²) < 4.78 is 57.5. The minimum atomic E-state index is -5.84. The van der Waals surface area contributed by atoms with Gasteiger partial charge in [-0.3, -0.25) is 4.55 Å². The van der Waals surface area contributed by atoms with Crippen LogP contribution in [0.2, 0.25) is 0 Å². The summed E-state index contributed by atoms with van der Waals surface area (Å²) in [5, 5.41) is 3.46. The zero-order valence-electron chi connectivity index (χ0n) is 11.0. The minimum absolute atomic E-state index is 0.996. The van der Waals surface area contributed by atoms with Crippen molar-refractivity contribution in [2.45, 2.75) is 51.0 Å². The molecule has 0 aromatic heterocycles. The lowest BCUT2D eigenvalue weighted by atomic mass is 9.94. The highest BCUT2D eigenvalue weighted by molar-refractivity contribution is 7.86. The molecule has 1 atom stereocenters. The fourth-order valence-electron chi connectivity index (χ4n) is 1.85. The van der Waals surface area contributed by atoms with Crippen LogP contribution in [0.4, 0.5) is 13.2 Å². The largest absolute Gasteiger partial charge is 0.522 e. The average molecular weight is 305 g/mol. The highest BCUT2D eigenvalue weighted by Gasteiger charge is 2.44. The van der Waals surface area contributed by atoms with Crippen molar-refractivity contribution >= 4 is 10.1 Å². The molecule has 0 aromatic carbocycles. The summed E-state index contributed by atoms with van der Waals surface area (Å²) in [5.74, 6) is 0.996. The summed E-state index contributed by atoms with van der Waals surface area (Å²) >= 11 is 0. The molecule has 1 aliphatic heterocycles. The van der Waals surface area contributed by atoms with Crippen LogP contribution >= 0.6 is 0 Å². The van der Waals surface area contributed by atoms with E-state index < -0.39 is 15.6 Å². The van der Waals surface area contributed by atoms with Gasteiger partial charge in [-0.25, -0.2) is 0 Å². The molecule has 1 fully saturated rings. The van der Waals surface area contributed by atoms with Crippen LogP contribution in [0.1, 0.15) is 45.4 Å². The Hall–Kier alpha value is -0.340.